The van der Waals surface area contributed by atoms with Crippen LogP contribution in [0.3, 0.4) is 0 Å². The Kier molecular flexibility index (Phi) is 4.40. The highest BCUT2D eigenvalue weighted by atomic mass is 16.4. The van der Waals surface area contributed by atoms with Gasteiger partial charge in [0.25, 0.3) is 0 Å². The molecule has 4 heteroatoms. The number of carboxylic acid groups (broad SMARTS) is 1. The van der Waals surface area contributed by atoms with Gasteiger partial charge in [-0.05, 0) is 37.8 Å². The smallest absolute Gasteiger partial charge is 0.337 e. The highest BCUT2D eigenvalue weighted by molar-refractivity contribution is 5.89. The predicted octanol–water partition coefficient (Wildman–Crippen LogP) is 3.10. The number of carboxylic acids is 1. The number of rotatable bonds is 4. The second kappa shape index (κ2) is 6.04. The predicted molar refractivity (Wildman–Crippen MR) is 75.8 cm³/mol. The Labute approximate surface area is 114 Å². The average Bonchev–Trinajstić information content (AvgIpc) is 2.39. The van der Waals surface area contributed by atoms with E-state index in [0.717, 1.165) is 18.3 Å². The molecule has 1 aromatic heterocycles. The number of anilines is 1. The SMILES string of the molecule is Cc1nc(N(C)CC2CCCCC2)ccc1C(=O)O. The van der Waals surface area contributed by atoms with Crippen molar-refractivity contribution < 1.29 is 9.90 Å². The normalized spacial score (nSPS) is 16.3. The second-order valence-electron chi connectivity index (χ2n) is 5.49. The minimum atomic E-state index is -0.911. The van der Waals surface area contributed by atoms with Gasteiger partial charge < -0.3 is 10.0 Å². The highest BCUT2D eigenvalue weighted by Crippen LogP contribution is 2.25. The highest BCUT2D eigenvalue weighted by Gasteiger charge is 2.17. The Bertz CT molecular complexity index is 453. The Balaban J connectivity index is 2.04. The first kappa shape index (κ1) is 13.8. The summed E-state index contributed by atoms with van der Waals surface area (Å²) in [4.78, 5) is 17.5. The standard InChI is InChI=1S/C15H22N2O2/c1-11-13(15(18)19)8-9-14(16-11)17(2)10-12-6-4-3-5-7-12/h8-9,12H,3-7,10H2,1-2H3,(H,18,19). The van der Waals surface area contributed by atoms with Gasteiger partial charge in [-0.15, -0.1) is 0 Å². The van der Waals surface area contributed by atoms with Crippen LogP contribution in [0.15, 0.2) is 12.1 Å². The quantitative estimate of drug-likeness (QED) is 0.906. The van der Waals surface area contributed by atoms with Crippen LogP contribution in [0.5, 0.6) is 0 Å². The first-order valence-corrected chi connectivity index (χ1v) is 7.00. The van der Waals surface area contributed by atoms with Gasteiger partial charge in [0.1, 0.15) is 5.82 Å². The molecule has 0 spiro atoms. The van der Waals surface area contributed by atoms with Gasteiger partial charge in [0.2, 0.25) is 0 Å². The van der Waals surface area contributed by atoms with Crippen molar-refractivity contribution in [1.82, 2.24) is 4.98 Å². The molecule has 1 aromatic rings. The van der Waals surface area contributed by atoms with Gasteiger partial charge in [0, 0.05) is 13.6 Å². The fourth-order valence-electron chi connectivity index (χ4n) is 2.84. The summed E-state index contributed by atoms with van der Waals surface area (Å²) >= 11 is 0. The molecular weight excluding hydrogens is 240 g/mol. The van der Waals surface area contributed by atoms with Crippen molar-refractivity contribution in [3.63, 3.8) is 0 Å². The monoisotopic (exact) mass is 262 g/mol. The topological polar surface area (TPSA) is 53.4 Å². The van der Waals surface area contributed by atoms with Crippen molar-refractivity contribution >= 4 is 11.8 Å². The van der Waals surface area contributed by atoms with E-state index in [2.05, 4.69) is 9.88 Å². The van der Waals surface area contributed by atoms with Gasteiger partial charge in [-0.25, -0.2) is 9.78 Å². The number of aryl methyl sites for hydroxylation is 1. The number of hydrogen-bond acceptors (Lipinski definition) is 3. The molecule has 4 nitrogen and oxygen atoms in total. The molecule has 0 aliphatic heterocycles. The molecule has 1 N–H and O–H groups in total. The molecule has 1 aliphatic rings. The van der Waals surface area contributed by atoms with E-state index in [4.69, 9.17) is 5.11 Å². The largest absolute Gasteiger partial charge is 0.478 e. The number of nitrogens with zero attached hydrogens (tertiary/aromatic N) is 2. The van der Waals surface area contributed by atoms with Gasteiger partial charge in [-0.3, -0.25) is 0 Å². The van der Waals surface area contributed by atoms with Crippen LogP contribution < -0.4 is 4.90 Å². The molecule has 1 heterocycles. The minimum absolute atomic E-state index is 0.287. The fraction of sp³-hybridized carbons (Fsp3) is 0.600. The first-order chi connectivity index (χ1) is 9.08. The van der Waals surface area contributed by atoms with Crippen LogP contribution in [0, 0.1) is 12.8 Å². The van der Waals surface area contributed by atoms with Crippen molar-refractivity contribution in [2.24, 2.45) is 5.92 Å². The third kappa shape index (κ3) is 3.46. The van der Waals surface area contributed by atoms with E-state index >= 15 is 0 Å². The van der Waals surface area contributed by atoms with Crippen molar-refractivity contribution in [2.75, 3.05) is 18.5 Å². The van der Waals surface area contributed by atoms with Gasteiger partial charge in [-0.2, -0.15) is 0 Å². The van der Waals surface area contributed by atoms with E-state index in [-0.39, 0.29) is 5.56 Å². The lowest BCUT2D eigenvalue weighted by atomic mass is 9.89. The Hall–Kier alpha value is -1.58. The molecule has 2 rings (SSSR count). The van der Waals surface area contributed by atoms with Gasteiger partial charge in [0.05, 0.1) is 11.3 Å². The maximum atomic E-state index is 11.0. The van der Waals surface area contributed by atoms with Gasteiger partial charge in [-0.1, -0.05) is 19.3 Å². The fourth-order valence-corrected chi connectivity index (χ4v) is 2.84. The van der Waals surface area contributed by atoms with E-state index in [1.54, 1.807) is 19.1 Å². The number of aromatic carboxylic acids is 1. The zero-order valence-electron chi connectivity index (χ0n) is 11.7. The minimum Gasteiger partial charge on any atom is -0.478 e. The van der Waals surface area contributed by atoms with Crippen LogP contribution in [0.1, 0.15) is 48.2 Å². The summed E-state index contributed by atoms with van der Waals surface area (Å²) in [5, 5.41) is 9.00. The third-order valence-corrected chi connectivity index (χ3v) is 3.95. The molecule has 0 atom stereocenters. The van der Waals surface area contributed by atoms with E-state index in [9.17, 15) is 4.79 Å². The zero-order chi connectivity index (χ0) is 13.8. The molecule has 104 valence electrons. The molecule has 1 fully saturated rings. The molecule has 0 saturated heterocycles. The zero-order valence-corrected chi connectivity index (χ0v) is 11.7. The maximum Gasteiger partial charge on any atom is 0.337 e. The molecule has 0 amide bonds. The Morgan fingerprint density at radius 3 is 2.63 bits per heavy atom. The van der Waals surface area contributed by atoms with Crippen molar-refractivity contribution in [3.05, 3.63) is 23.4 Å². The van der Waals surface area contributed by atoms with Crippen LogP contribution in [-0.4, -0.2) is 29.7 Å². The van der Waals surface area contributed by atoms with E-state index in [1.165, 1.54) is 32.1 Å². The van der Waals surface area contributed by atoms with Crippen molar-refractivity contribution in [3.8, 4) is 0 Å². The van der Waals surface area contributed by atoms with E-state index < -0.39 is 5.97 Å². The molecule has 0 radical (unpaired) electrons. The summed E-state index contributed by atoms with van der Waals surface area (Å²) in [5.74, 6) is 0.708. The molecule has 19 heavy (non-hydrogen) atoms. The van der Waals surface area contributed by atoms with Crippen LogP contribution in [0.4, 0.5) is 5.82 Å². The summed E-state index contributed by atoms with van der Waals surface area (Å²) in [6.07, 6.45) is 6.64. The van der Waals surface area contributed by atoms with Crippen LogP contribution in [0.2, 0.25) is 0 Å². The van der Waals surface area contributed by atoms with Crippen molar-refractivity contribution in [1.29, 1.82) is 0 Å². The third-order valence-electron chi connectivity index (χ3n) is 3.95. The maximum absolute atomic E-state index is 11.0. The van der Waals surface area contributed by atoms with Crippen LogP contribution in [-0.2, 0) is 0 Å². The lowest BCUT2D eigenvalue weighted by Gasteiger charge is -2.28. The average molecular weight is 262 g/mol. The molecule has 0 unspecified atom stereocenters. The first-order valence-electron chi connectivity index (χ1n) is 7.00. The Morgan fingerprint density at radius 1 is 1.37 bits per heavy atom. The van der Waals surface area contributed by atoms with Gasteiger partial charge >= 0.3 is 5.97 Å². The Morgan fingerprint density at radius 2 is 2.05 bits per heavy atom. The summed E-state index contributed by atoms with van der Waals surface area (Å²) in [7, 11) is 2.04. The van der Waals surface area contributed by atoms with Crippen molar-refractivity contribution in [2.45, 2.75) is 39.0 Å². The van der Waals surface area contributed by atoms with Gasteiger partial charge in [0.15, 0.2) is 0 Å². The summed E-state index contributed by atoms with van der Waals surface area (Å²) < 4.78 is 0. The number of carbonyl (C=O) groups is 1. The van der Waals surface area contributed by atoms with E-state index in [1.807, 2.05) is 7.05 Å². The lowest BCUT2D eigenvalue weighted by molar-refractivity contribution is 0.0695. The second-order valence-corrected chi connectivity index (χ2v) is 5.49. The lowest BCUT2D eigenvalue weighted by Crippen LogP contribution is -2.27. The molecule has 0 aromatic carbocycles. The number of pyridine rings is 1. The van der Waals surface area contributed by atoms with E-state index in [0.29, 0.717) is 5.69 Å². The van der Waals surface area contributed by atoms with Crippen LogP contribution in [0.25, 0.3) is 0 Å². The summed E-state index contributed by atoms with van der Waals surface area (Å²) in [6.45, 7) is 2.76. The number of aromatic nitrogens is 1. The number of hydrogen-bond donors (Lipinski definition) is 1. The molecule has 0 bridgehead atoms. The molecular formula is C15H22N2O2. The molecule has 1 aliphatic carbocycles. The van der Waals surface area contributed by atoms with Crippen LogP contribution >= 0.6 is 0 Å². The summed E-state index contributed by atoms with van der Waals surface area (Å²) in [5.41, 5.74) is 0.871. The summed E-state index contributed by atoms with van der Waals surface area (Å²) in [6, 6.07) is 3.46. The molecule has 1 saturated carbocycles.